The summed E-state index contributed by atoms with van der Waals surface area (Å²) in [5.41, 5.74) is -3.41. The fourth-order valence-corrected chi connectivity index (χ4v) is 4.31. The number of phenolic OH excluding ortho intramolecular Hbond substituents is 1. The van der Waals surface area contributed by atoms with Crippen molar-refractivity contribution < 1.29 is 45.7 Å². The number of benzene rings is 2. The molecule has 2 aromatic rings. The van der Waals surface area contributed by atoms with Gasteiger partial charge in [-0.05, 0) is 54.4 Å². The summed E-state index contributed by atoms with van der Waals surface area (Å²) in [6.07, 6.45) is -9.57. The molecule has 0 saturated carbocycles. The summed E-state index contributed by atoms with van der Waals surface area (Å²) in [7, 11) is 2.83. The first-order valence-corrected chi connectivity index (χ1v) is 10.9. The standard InChI is InChI=1S/C24H26F6N2O4/c1-35-14-22(5-6-32(13-22)12-15-3-4-19(33)20(9-15)36-2)21(34)31-11-16-7-17(23(25,26)27)10-18(8-16)24(28,29)30/h3-4,7-10,33H,5-6,11-14H2,1-2H3,(H,31,34). The number of alkyl halides is 6. The molecule has 1 fully saturated rings. The summed E-state index contributed by atoms with van der Waals surface area (Å²) in [6.45, 7) is 0.697. The number of methoxy groups -OCH3 is 2. The molecule has 1 heterocycles. The van der Waals surface area contributed by atoms with Crippen molar-refractivity contribution in [2.45, 2.75) is 31.9 Å². The van der Waals surface area contributed by atoms with Crippen LogP contribution in [0, 0.1) is 5.41 Å². The largest absolute Gasteiger partial charge is 0.504 e. The van der Waals surface area contributed by atoms with Crippen LogP contribution in [0.5, 0.6) is 11.5 Å². The maximum Gasteiger partial charge on any atom is 0.416 e. The van der Waals surface area contributed by atoms with Crippen molar-refractivity contribution in [1.29, 1.82) is 0 Å². The van der Waals surface area contributed by atoms with Crippen molar-refractivity contribution in [3.63, 3.8) is 0 Å². The molecule has 0 aromatic heterocycles. The molecule has 6 nitrogen and oxygen atoms in total. The number of carbonyl (C=O) groups excluding carboxylic acids is 1. The zero-order chi connectivity index (χ0) is 26.7. The molecule has 12 heteroatoms. The Hall–Kier alpha value is -2.99. The van der Waals surface area contributed by atoms with Gasteiger partial charge in [-0.2, -0.15) is 26.3 Å². The van der Waals surface area contributed by atoms with E-state index in [-0.39, 0.29) is 30.5 Å². The molecule has 1 aliphatic rings. The van der Waals surface area contributed by atoms with Crippen molar-refractivity contribution in [2.24, 2.45) is 5.41 Å². The van der Waals surface area contributed by atoms with Gasteiger partial charge in [0, 0.05) is 26.7 Å². The smallest absolute Gasteiger partial charge is 0.416 e. The molecule has 0 spiro atoms. The molecule has 1 unspecified atom stereocenters. The Kier molecular flexibility index (Phi) is 8.09. The average molecular weight is 520 g/mol. The van der Waals surface area contributed by atoms with Crippen LogP contribution >= 0.6 is 0 Å². The molecule has 0 bridgehead atoms. The SMILES string of the molecule is COCC1(C(=O)NCc2cc(C(F)(F)F)cc(C(F)(F)F)c2)CCN(Cc2ccc(O)c(OC)c2)C1. The maximum atomic E-state index is 13.1. The van der Waals surface area contributed by atoms with Crippen molar-refractivity contribution in [2.75, 3.05) is 33.9 Å². The molecule has 0 aliphatic carbocycles. The van der Waals surface area contributed by atoms with E-state index in [0.717, 1.165) is 5.56 Å². The minimum absolute atomic E-state index is 0.0148. The van der Waals surface area contributed by atoms with E-state index in [2.05, 4.69) is 5.32 Å². The fraction of sp³-hybridized carbons (Fsp3) is 0.458. The second kappa shape index (κ2) is 10.6. The second-order valence-corrected chi connectivity index (χ2v) is 8.78. The third-order valence-electron chi connectivity index (χ3n) is 6.09. The van der Waals surface area contributed by atoms with E-state index in [0.29, 0.717) is 37.4 Å². The van der Waals surface area contributed by atoms with Crippen LogP contribution in [0.15, 0.2) is 36.4 Å². The Balaban J connectivity index is 1.74. The number of rotatable bonds is 8. The third kappa shape index (κ3) is 6.41. The number of hydrogen-bond acceptors (Lipinski definition) is 5. The van der Waals surface area contributed by atoms with Gasteiger partial charge in [-0.25, -0.2) is 0 Å². The van der Waals surface area contributed by atoms with Crippen LogP contribution in [-0.2, 0) is 35.0 Å². The van der Waals surface area contributed by atoms with Crippen LogP contribution in [0.4, 0.5) is 26.3 Å². The van der Waals surface area contributed by atoms with Crippen LogP contribution in [-0.4, -0.2) is 49.8 Å². The van der Waals surface area contributed by atoms with Gasteiger partial charge < -0.3 is 19.9 Å². The van der Waals surface area contributed by atoms with Crippen LogP contribution < -0.4 is 10.1 Å². The molecule has 3 rings (SSSR count). The van der Waals surface area contributed by atoms with E-state index < -0.39 is 41.3 Å². The number of ether oxygens (including phenoxy) is 2. The molecular formula is C24H26F6N2O4. The first-order valence-electron chi connectivity index (χ1n) is 10.9. The zero-order valence-corrected chi connectivity index (χ0v) is 19.6. The highest BCUT2D eigenvalue weighted by Crippen LogP contribution is 2.37. The normalized spacial score (nSPS) is 18.9. The number of phenols is 1. The summed E-state index contributed by atoms with van der Waals surface area (Å²) >= 11 is 0. The van der Waals surface area contributed by atoms with Gasteiger partial charge in [0.15, 0.2) is 11.5 Å². The molecule has 0 radical (unpaired) electrons. The van der Waals surface area contributed by atoms with Gasteiger partial charge >= 0.3 is 12.4 Å². The average Bonchev–Trinajstić information content (AvgIpc) is 3.21. The molecule has 198 valence electrons. The van der Waals surface area contributed by atoms with Gasteiger partial charge in [0.2, 0.25) is 5.91 Å². The van der Waals surface area contributed by atoms with Crippen LogP contribution in [0.3, 0.4) is 0 Å². The van der Waals surface area contributed by atoms with Crippen LogP contribution in [0.1, 0.15) is 28.7 Å². The predicted octanol–water partition coefficient (Wildman–Crippen LogP) is 4.59. The highest BCUT2D eigenvalue weighted by molar-refractivity contribution is 5.83. The molecule has 1 amide bonds. The Morgan fingerprint density at radius 2 is 1.67 bits per heavy atom. The Morgan fingerprint density at radius 1 is 1.03 bits per heavy atom. The quantitative estimate of drug-likeness (QED) is 0.499. The molecule has 1 saturated heterocycles. The molecule has 2 N–H and O–H groups in total. The molecular weight excluding hydrogens is 494 g/mol. The summed E-state index contributed by atoms with van der Waals surface area (Å²) in [5.74, 6) is -0.243. The number of carbonyl (C=O) groups is 1. The van der Waals surface area contributed by atoms with E-state index in [9.17, 15) is 36.2 Å². The number of amides is 1. The lowest BCUT2D eigenvalue weighted by Crippen LogP contribution is -2.45. The number of nitrogens with zero attached hydrogens (tertiary/aromatic N) is 1. The third-order valence-corrected chi connectivity index (χ3v) is 6.09. The van der Waals surface area contributed by atoms with Crippen molar-refractivity contribution >= 4 is 5.91 Å². The predicted molar refractivity (Wildman–Crippen MR) is 117 cm³/mol. The Bertz CT molecular complexity index is 1060. The lowest BCUT2D eigenvalue weighted by molar-refractivity contribution is -0.143. The monoisotopic (exact) mass is 520 g/mol. The van der Waals surface area contributed by atoms with E-state index in [1.165, 1.54) is 20.3 Å². The number of likely N-dealkylation sites (tertiary alicyclic amines) is 1. The second-order valence-electron chi connectivity index (χ2n) is 8.78. The molecule has 2 aromatic carbocycles. The van der Waals surface area contributed by atoms with E-state index in [4.69, 9.17) is 9.47 Å². The Labute approximate surface area is 203 Å². The lowest BCUT2D eigenvalue weighted by Gasteiger charge is -2.28. The molecule has 1 atom stereocenters. The first kappa shape index (κ1) is 27.6. The summed E-state index contributed by atoms with van der Waals surface area (Å²) in [4.78, 5) is 15.1. The number of halogens is 6. The van der Waals surface area contributed by atoms with E-state index >= 15 is 0 Å². The molecule has 1 aliphatic heterocycles. The van der Waals surface area contributed by atoms with E-state index in [1.54, 1.807) is 12.1 Å². The first-order chi connectivity index (χ1) is 16.8. The fourth-order valence-electron chi connectivity index (χ4n) is 4.31. The summed E-state index contributed by atoms with van der Waals surface area (Å²) < 4.78 is 89.2. The van der Waals surface area contributed by atoms with Crippen molar-refractivity contribution in [1.82, 2.24) is 10.2 Å². The van der Waals surface area contributed by atoms with E-state index in [1.807, 2.05) is 4.90 Å². The zero-order valence-electron chi connectivity index (χ0n) is 19.6. The van der Waals surface area contributed by atoms with Gasteiger partial charge in [-0.1, -0.05) is 6.07 Å². The topological polar surface area (TPSA) is 71.0 Å². The van der Waals surface area contributed by atoms with Crippen molar-refractivity contribution in [3.05, 3.63) is 58.7 Å². The van der Waals surface area contributed by atoms with Gasteiger partial charge in [0.1, 0.15) is 0 Å². The summed E-state index contributed by atoms with van der Waals surface area (Å²) in [6, 6.07) is 6.10. The summed E-state index contributed by atoms with van der Waals surface area (Å²) in [5, 5.41) is 12.3. The Morgan fingerprint density at radius 3 is 2.22 bits per heavy atom. The number of hydrogen-bond donors (Lipinski definition) is 2. The highest BCUT2D eigenvalue weighted by Gasteiger charge is 2.45. The van der Waals surface area contributed by atoms with Gasteiger partial charge in [-0.15, -0.1) is 0 Å². The van der Waals surface area contributed by atoms with Gasteiger partial charge in [0.25, 0.3) is 0 Å². The number of aromatic hydroxyl groups is 1. The van der Waals surface area contributed by atoms with Crippen LogP contribution in [0.2, 0.25) is 0 Å². The van der Waals surface area contributed by atoms with Crippen LogP contribution in [0.25, 0.3) is 0 Å². The van der Waals surface area contributed by atoms with Gasteiger partial charge in [-0.3, -0.25) is 9.69 Å². The highest BCUT2D eigenvalue weighted by atomic mass is 19.4. The maximum absolute atomic E-state index is 13.1. The molecule has 36 heavy (non-hydrogen) atoms. The van der Waals surface area contributed by atoms with Crippen molar-refractivity contribution in [3.8, 4) is 11.5 Å². The lowest BCUT2D eigenvalue weighted by atomic mass is 9.87. The minimum Gasteiger partial charge on any atom is -0.504 e. The minimum atomic E-state index is -4.97. The van der Waals surface area contributed by atoms with Gasteiger partial charge in [0.05, 0.1) is 30.3 Å². The number of nitrogens with one attached hydrogen (secondary N) is 1.